The van der Waals surface area contributed by atoms with Crippen molar-refractivity contribution < 1.29 is 14.8 Å². The largest absolute Gasteiger partial charge is 0.472 e. The van der Waals surface area contributed by atoms with Crippen molar-refractivity contribution in [1.29, 1.82) is 0 Å². The first-order valence-electron chi connectivity index (χ1n) is 3.83. The first-order chi connectivity index (χ1) is 6.18. The third-order valence-electron chi connectivity index (χ3n) is 1.40. The zero-order chi connectivity index (χ0) is 9.68. The molecule has 0 saturated carbocycles. The number of amides is 1. The van der Waals surface area contributed by atoms with Crippen LogP contribution in [0.3, 0.4) is 0 Å². The minimum Gasteiger partial charge on any atom is -0.426 e. The summed E-state index contributed by atoms with van der Waals surface area (Å²) in [6.07, 6.45) is 0.175. The Morgan fingerprint density at radius 3 is 2.92 bits per heavy atom. The number of carbonyl (C=O) groups excluding carboxylic acids is 1. The minimum absolute atomic E-state index is 0.121. The molecule has 0 atom stereocenters. The number of thiophene rings is 1. The van der Waals surface area contributed by atoms with Crippen LogP contribution in [0.1, 0.15) is 4.88 Å². The maximum Gasteiger partial charge on any atom is 0.472 e. The van der Waals surface area contributed by atoms with Crippen LogP contribution in [0.25, 0.3) is 0 Å². The molecule has 0 aromatic carbocycles. The lowest BCUT2D eigenvalue weighted by molar-refractivity contribution is -0.120. The van der Waals surface area contributed by atoms with Crippen LogP contribution >= 0.6 is 11.3 Å². The molecule has 4 nitrogen and oxygen atoms in total. The van der Waals surface area contributed by atoms with Gasteiger partial charge in [0.1, 0.15) is 0 Å². The molecule has 1 rings (SSSR count). The first kappa shape index (κ1) is 10.2. The van der Waals surface area contributed by atoms with Crippen molar-refractivity contribution in [3.8, 4) is 0 Å². The van der Waals surface area contributed by atoms with Crippen LogP contribution in [-0.4, -0.2) is 29.5 Å². The second-order valence-electron chi connectivity index (χ2n) is 2.54. The minimum atomic E-state index is -1.48. The lowest BCUT2D eigenvalue weighted by Gasteiger charge is -2.01. The smallest absolute Gasteiger partial charge is 0.426 e. The molecule has 13 heavy (non-hydrogen) atoms. The lowest BCUT2D eigenvalue weighted by Crippen LogP contribution is -2.35. The molecule has 6 heteroatoms. The van der Waals surface area contributed by atoms with Crippen LogP contribution in [0.2, 0.25) is 0 Å². The van der Waals surface area contributed by atoms with Crippen molar-refractivity contribution in [2.24, 2.45) is 0 Å². The van der Waals surface area contributed by atoms with Crippen molar-refractivity contribution in [2.75, 3.05) is 6.44 Å². The summed E-state index contributed by atoms with van der Waals surface area (Å²) < 4.78 is 0. The molecule has 0 aliphatic heterocycles. The average molecular weight is 199 g/mol. The molecule has 0 spiro atoms. The van der Waals surface area contributed by atoms with Gasteiger partial charge in [-0.2, -0.15) is 0 Å². The van der Waals surface area contributed by atoms with Gasteiger partial charge in [-0.25, -0.2) is 0 Å². The van der Waals surface area contributed by atoms with Crippen molar-refractivity contribution in [1.82, 2.24) is 5.32 Å². The van der Waals surface area contributed by atoms with E-state index in [-0.39, 0.29) is 12.4 Å². The Kier molecular flexibility index (Phi) is 3.94. The molecule has 0 unspecified atom stereocenters. The summed E-state index contributed by atoms with van der Waals surface area (Å²) in [5.41, 5.74) is 0. The summed E-state index contributed by atoms with van der Waals surface area (Å²) in [5, 5.41) is 21.2. The van der Waals surface area contributed by atoms with Gasteiger partial charge in [-0.1, -0.05) is 6.07 Å². The standard InChI is InChI=1S/C7H10BNO3S/c10-7(9-5-8(11)12)4-6-2-1-3-13-6/h1-3,11-12H,4-5H2,(H,9,10). The summed E-state index contributed by atoms with van der Waals surface area (Å²) in [6.45, 7) is 0. The van der Waals surface area contributed by atoms with E-state index in [9.17, 15) is 4.79 Å². The van der Waals surface area contributed by atoms with Gasteiger partial charge in [0, 0.05) is 4.88 Å². The Labute approximate surface area is 80.4 Å². The summed E-state index contributed by atoms with van der Waals surface area (Å²) in [5.74, 6) is -0.199. The maximum atomic E-state index is 11.1. The van der Waals surface area contributed by atoms with Crippen LogP contribution in [-0.2, 0) is 11.2 Å². The molecule has 3 N–H and O–H groups in total. The van der Waals surface area contributed by atoms with Crippen LogP contribution in [0.15, 0.2) is 17.5 Å². The van der Waals surface area contributed by atoms with Crippen molar-refractivity contribution in [2.45, 2.75) is 6.42 Å². The van der Waals surface area contributed by atoms with Gasteiger partial charge < -0.3 is 15.4 Å². The normalized spacial score (nSPS) is 9.69. The third-order valence-corrected chi connectivity index (χ3v) is 2.27. The molecule has 0 aliphatic rings. The molecule has 1 aromatic heterocycles. The summed E-state index contributed by atoms with van der Waals surface area (Å²) in [7, 11) is -1.48. The van der Waals surface area contributed by atoms with E-state index >= 15 is 0 Å². The van der Waals surface area contributed by atoms with E-state index in [1.165, 1.54) is 11.3 Å². The second kappa shape index (κ2) is 5.01. The molecule has 1 amide bonds. The fourth-order valence-corrected chi connectivity index (χ4v) is 1.54. The monoisotopic (exact) mass is 199 g/mol. The van der Waals surface area contributed by atoms with Gasteiger partial charge in [-0.15, -0.1) is 11.3 Å². The van der Waals surface area contributed by atoms with Crippen LogP contribution in [0.5, 0.6) is 0 Å². The highest BCUT2D eigenvalue weighted by molar-refractivity contribution is 7.10. The Balaban J connectivity index is 2.26. The van der Waals surface area contributed by atoms with Gasteiger partial charge in [0.15, 0.2) is 0 Å². The number of hydrogen-bond donors (Lipinski definition) is 3. The second-order valence-corrected chi connectivity index (χ2v) is 3.57. The lowest BCUT2D eigenvalue weighted by atomic mass is 9.92. The summed E-state index contributed by atoms with van der Waals surface area (Å²) in [4.78, 5) is 12.1. The Morgan fingerprint density at radius 2 is 2.38 bits per heavy atom. The van der Waals surface area contributed by atoms with Crippen LogP contribution < -0.4 is 5.32 Å². The maximum absolute atomic E-state index is 11.1. The quantitative estimate of drug-likeness (QED) is 0.568. The molecule has 1 heterocycles. The van der Waals surface area contributed by atoms with Gasteiger partial charge >= 0.3 is 7.12 Å². The highest BCUT2D eigenvalue weighted by Gasteiger charge is 2.09. The van der Waals surface area contributed by atoms with E-state index in [1.807, 2.05) is 17.5 Å². The Hall–Kier alpha value is -0.845. The fourth-order valence-electron chi connectivity index (χ4n) is 0.839. The molecular formula is C7H10BNO3S. The molecule has 0 radical (unpaired) electrons. The predicted octanol–water partition coefficient (Wildman–Crippen LogP) is -0.581. The van der Waals surface area contributed by atoms with Gasteiger partial charge in [-0.3, -0.25) is 4.79 Å². The third kappa shape index (κ3) is 4.07. The molecule has 70 valence electrons. The number of nitrogens with one attached hydrogen (secondary N) is 1. The summed E-state index contributed by atoms with van der Waals surface area (Å²) >= 11 is 1.50. The van der Waals surface area contributed by atoms with Gasteiger partial charge in [0.05, 0.1) is 12.9 Å². The van der Waals surface area contributed by atoms with Crippen molar-refractivity contribution >= 4 is 24.4 Å². The van der Waals surface area contributed by atoms with E-state index < -0.39 is 7.12 Å². The topological polar surface area (TPSA) is 69.6 Å². The van der Waals surface area contributed by atoms with Crippen LogP contribution in [0, 0.1) is 0 Å². The SMILES string of the molecule is O=C(Cc1cccs1)NCB(O)O. The Bertz CT molecular complexity index is 263. The Morgan fingerprint density at radius 1 is 1.62 bits per heavy atom. The van der Waals surface area contributed by atoms with Crippen LogP contribution in [0.4, 0.5) is 0 Å². The molecule has 0 saturated heterocycles. The first-order valence-corrected chi connectivity index (χ1v) is 4.71. The van der Waals surface area contributed by atoms with E-state index in [2.05, 4.69) is 5.32 Å². The molecule has 0 fully saturated rings. The number of carbonyl (C=O) groups is 1. The molecule has 1 aromatic rings. The highest BCUT2D eigenvalue weighted by atomic mass is 32.1. The van der Waals surface area contributed by atoms with Crippen molar-refractivity contribution in [3.63, 3.8) is 0 Å². The van der Waals surface area contributed by atoms with E-state index in [0.717, 1.165) is 4.88 Å². The highest BCUT2D eigenvalue weighted by Crippen LogP contribution is 2.08. The van der Waals surface area contributed by atoms with E-state index in [4.69, 9.17) is 10.0 Å². The molecule has 0 aliphatic carbocycles. The zero-order valence-electron chi connectivity index (χ0n) is 6.93. The number of hydrogen-bond acceptors (Lipinski definition) is 4. The summed E-state index contributed by atoms with van der Waals surface area (Å²) in [6, 6.07) is 3.73. The fraction of sp³-hybridized carbons (Fsp3) is 0.286. The van der Waals surface area contributed by atoms with E-state index in [1.54, 1.807) is 0 Å². The zero-order valence-corrected chi connectivity index (χ0v) is 7.75. The number of rotatable bonds is 4. The van der Waals surface area contributed by atoms with Gasteiger partial charge in [-0.05, 0) is 11.4 Å². The predicted molar refractivity (Wildman–Crippen MR) is 51.2 cm³/mol. The van der Waals surface area contributed by atoms with E-state index in [0.29, 0.717) is 6.42 Å². The average Bonchev–Trinajstić information content (AvgIpc) is 2.53. The van der Waals surface area contributed by atoms with Crippen molar-refractivity contribution in [3.05, 3.63) is 22.4 Å². The molecular weight excluding hydrogens is 189 g/mol. The van der Waals surface area contributed by atoms with Gasteiger partial charge in [0.2, 0.25) is 5.91 Å². The molecule has 0 bridgehead atoms. The van der Waals surface area contributed by atoms with Gasteiger partial charge in [0.25, 0.3) is 0 Å².